The number of fused-ring (bicyclic) bond motifs is 3. The highest BCUT2D eigenvalue weighted by atomic mass is 32.2. The molecule has 146 valence electrons. The van der Waals surface area contributed by atoms with E-state index in [9.17, 15) is 14.5 Å². The Morgan fingerprint density at radius 2 is 2.03 bits per heavy atom. The second-order valence-corrected chi connectivity index (χ2v) is 9.14. The summed E-state index contributed by atoms with van der Waals surface area (Å²) in [4.78, 5) is 16.7. The second-order valence-electron chi connectivity index (χ2n) is 6.97. The average molecular weight is 424 g/mol. The summed E-state index contributed by atoms with van der Waals surface area (Å²) in [7, 11) is 0. The molecule has 3 N–H and O–H groups in total. The topological polar surface area (TPSA) is 97.3 Å². The molecule has 1 atom stereocenters. The van der Waals surface area contributed by atoms with Gasteiger partial charge in [-0.1, -0.05) is 12.1 Å². The molecule has 6 nitrogen and oxygen atoms in total. The number of rotatable bonds is 6. The SMILES string of the molecule is O=C(O)c1ccc2c(c1)nc(Nc1cccc([S+]([O-])NC3CC3)c1)c1ccsc12. The third-order valence-corrected chi connectivity index (χ3v) is 6.98. The average Bonchev–Trinajstić information content (AvgIpc) is 3.39. The van der Waals surface area contributed by atoms with Gasteiger partial charge in [0, 0.05) is 27.2 Å². The van der Waals surface area contributed by atoms with Gasteiger partial charge in [-0.3, -0.25) is 0 Å². The number of carbonyl (C=O) groups is 1. The van der Waals surface area contributed by atoms with E-state index in [0.717, 1.165) is 34.0 Å². The van der Waals surface area contributed by atoms with Crippen molar-refractivity contribution in [3.8, 4) is 0 Å². The summed E-state index contributed by atoms with van der Waals surface area (Å²) in [6, 6.07) is 14.8. The zero-order chi connectivity index (χ0) is 20.0. The lowest BCUT2D eigenvalue weighted by atomic mass is 10.1. The summed E-state index contributed by atoms with van der Waals surface area (Å²) in [5, 5.41) is 16.5. The lowest BCUT2D eigenvalue weighted by Crippen LogP contribution is -2.25. The normalized spacial score (nSPS) is 14.9. The molecule has 2 heterocycles. The molecule has 5 rings (SSSR count). The van der Waals surface area contributed by atoms with Gasteiger partial charge in [-0.05, 0) is 48.6 Å². The van der Waals surface area contributed by atoms with E-state index in [1.54, 1.807) is 23.5 Å². The number of anilines is 2. The summed E-state index contributed by atoms with van der Waals surface area (Å²) >= 11 is 0.349. The quantitative estimate of drug-likeness (QED) is 0.390. The zero-order valence-electron chi connectivity index (χ0n) is 15.2. The standard InChI is InChI=1S/C21H17N3O3S2/c25-21(26)12-4-7-16-18(10-12)23-20(17-8-9-28-19(16)17)22-14-2-1-3-15(11-14)29(27)24-13-5-6-13/h1-4,7-11,13,24H,5-6H2,(H,22,23)(H,25,26). The number of hydrogen-bond acceptors (Lipinski definition) is 6. The third-order valence-electron chi connectivity index (χ3n) is 4.80. The van der Waals surface area contributed by atoms with Gasteiger partial charge in [0.1, 0.15) is 5.82 Å². The highest BCUT2D eigenvalue weighted by Crippen LogP contribution is 2.35. The van der Waals surface area contributed by atoms with E-state index < -0.39 is 17.3 Å². The Balaban J connectivity index is 1.53. The van der Waals surface area contributed by atoms with Gasteiger partial charge in [0.15, 0.2) is 4.90 Å². The molecule has 0 bridgehead atoms. The number of benzene rings is 2. The molecule has 8 heteroatoms. The summed E-state index contributed by atoms with van der Waals surface area (Å²) in [5.41, 5.74) is 1.61. The molecule has 0 saturated heterocycles. The van der Waals surface area contributed by atoms with Crippen molar-refractivity contribution in [2.45, 2.75) is 23.8 Å². The largest absolute Gasteiger partial charge is 0.593 e. The first kappa shape index (κ1) is 18.4. The molecule has 0 amide bonds. The van der Waals surface area contributed by atoms with Gasteiger partial charge < -0.3 is 15.0 Å². The van der Waals surface area contributed by atoms with Crippen molar-refractivity contribution in [2.24, 2.45) is 0 Å². The van der Waals surface area contributed by atoms with Crippen molar-refractivity contribution in [2.75, 3.05) is 5.32 Å². The third kappa shape index (κ3) is 3.67. The Morgan fingerprint density at radius 3 is 2.83 bits per heavy atom. The number of nitrogens with zero attached hydrogens (tertiary/aromatic N) is 1. The molecule has 1 aliphatic carbocycles. The van der Waals surface area contributed by atoms with E-state index in [4.69, 9.17) is 0 Å². The smallest absolute Gasteiger partial charge is 0.335 e. The predicted octanol–water partition coefficient (Wildman–Crippen LogP) is 4.67. The van der Waals surface area contributed by atoms with Crippen molar-refractivity contribution in [1.82, 2.24) is 9.71 Å². The minimum absolute atomic E-state index is 0.204. The Morgan fingerprint density at radius 1 is 1.17 bits per heavy atom. The van der Waals surface area contributed by atoms with Crippen molar-refractivity contribution in [1.29, 1.82) is 0 Å². The van der Waals surface area contributed by atoms with Crippen LogP contribution in [-0.2, 0) is 11.4 Å². The van der Waals surface area contributed by atoms with Gasteiger partial charge in [-0.15, -0.1) is 16.1 Å². The van der Waals surface area contributed by atoms with E-state index in [0.29, 0.717) is 22.3 Å². The molecular formula is C21H17N3O3S2. The minimum Gasteiger partial charge on any atom is -0.593 e. The number of carboxylic acids is 1. The van der Waals surface area contributed by atoms with Gasteiger partial charge in [-0.2, -0.15) is 0 Å². The van der Waals surface area contributed by atoms with E-state index in [1.807, 2.05) is 41.8 Å². The maximum absolute atomic E-state index is 12.4. The van der Waals surface area contributed by atoms with Crippen LogP contribution in [0.2, 0.25) is 0 Å². The van der Waals surface area contributed by atoms with Crippen LogP contribution in [0.3, 0.4) is 0 Å². The fourth-order valence-electron chi connectivity index (χ4n) is 3.18. The highest BCUT2D eigenvalue weighted by molar-refractivity contribution is 7.89. The van der Waals surface area contributed by atoms with E-state index in [1.165, 1.54) is 0 Å². The molecule has 1 unspecified atom stereocenters. The molecule has 0 spiro atoms. The molecule has 0 aliphatic heterocycles. The van der Waals surface area contributed by atoms with Gasteiger partial charge in [0.25, 0.3) is 0 Å². The van der Waals surface area contributed by atoms with Crippen LogP contribution in [0.15, 0.2) is 58.8 Å². The monoisotopic (exact) mass is 423 g/mol. The molecule has 2 aromatic heterocycles. The summed E-state index contributed by atoms with van der Waals surface area (Å²) in [6.45, 7) is 0. The number of thiophene rings is 1. The second kappa shape index (κ2) is 7.31. The number of aromatic carboxylic acids is 1. The predicted molar refractivity (Wildman–Crippen MR) is 116 cm³/mol. The minimum atomic E-state index is -1.24. The van der Waals surface area contributed by atoms with Crippen LogP contribution in [0, 0.1) is 0 Å². The summed E-state index contributed by atoms with van der Waals surface area (Å²) in [5.74, 6) is -0.331. The molecule has 0 radical (unpaired) electrons. The molecule has 1 aliphatic rings. The van der Waals surface area contributed by atoms with E-state index in [-0.39, 0.29) is 5.56 Å². The van der Waals surface area contributed by atoms with Crippen molar-refractivity contribution >= 4 is 61.2 Å². The van der Waals surface area contributed by atoms with Crippen LogP contribution in [0.1, 0.15) is 23.2 Å². The number of aromatic nitrogens is 1. The maximum atomic E-state index is 12.4. The number of nitrogens with one attached hydrogen (secondary N) is 2. The first-order valence-corrected chi connectivity index (χ1v) is 11.2. The van der Waals surface area contributed by atoms with E-state index in [2.05, 4.69) is 15.0 Å². The van der Waals surface area contributed by atoms with Crippen LogP contribution >= 0.6 is 11.3 Å². The van der Waals surface area contributed by atoms with Crippen LogP contribution in [0.5, 0.6) is 0 Å². The number of carboxylic acid groups (broad SMARTS) is 1. The zero-order valence-corrected chi connectivity index (χ0v) is 16.8. The molecule has 29 heavy (non-hydrogen) atoms. The maximum Gasteiger partial charge on any atom is 0.335 e. The number of hydrogen-bond donors (Lipinski definition) is 3. The van der Waals surface area contributed by atoms with Crippen molar-refractivity contribution < 1.29 is 14.5 Å². The van der Waals surface area contributed by atoms with E-state index >= 15 is 0 Å². The molecular weight excluding hydrogens is 406 g/mol. The Labute approximate surface area is 173 Å². The first-order chi connectivity index (χ1) is 14.1. The molecule has 1 saturated carbocycles. The van der Waals surface area contributed by atoms with Crippen molar-refractivity contribution in [3.63, 3.8) is 0 Å². The van der Waals surface area contributed by atoms with Crippen molar-refractivity contribution in [3.05, 3.63) is 59.5 Å². The lowest BCUT2D eigenvalue weighted by Gasteiger charge is -2.13. The molecule has 4 aromatic rings. The van der Waals surface area contributed by atoms with Gasteiger partial charge in [0.2, 0.25) is 0 Å². The van der Waals surface area contributed by atoms with Crippen LogP contribution < -0.4 is 10.0 Å². The number of pyridine rings is 1. The van der Waals surface area contributed by atoms with Crippen LogP contribution in [0.25, 0.3) is 21.0 Å². The molecule has 2 aromatic carbocycles. The Hall–Kier alpha value is -2.65. The molecule has 1 fully saturated rings. The summed E-state index contributed by atoms with van der Waals surface area (Å²) in [6.07, 6.45) is 2.14. The van der Waals surface area contributed by atoms with Gasteiger partial charge in [-0.25, -0.2) is 9.78 Å². The summed E-state index contributed by atoms with van der Waals surface area (Å²) < 4.78 is 16.6. The Bertz CT molecular complexity index is 1240. The fourth-order valence-corrected chi connectivity index (χ4v) is 5.22. The fraction of sp³-hybridized carbons (Fsp3) is 0.143. The van der Waals surface area contributed by atoms with Crippen LogP contribution in [-0.4, -0.2) is 26.7 Å². The highest BCUT2D eigenvalue weighted by Gasteiger charge is 2.27. The van der Waals surface area contributed by atoms with Gasteiger partial charge >= 0.3 is 5.97 Å². The van der Waals surface area contributed by atoms with Crippen LogP contribution in [0.4, 0.5) is 11.5 Å². The Kier molecular flexibility index (Phi) is 4.63. The lowest BCUT2D eigenvalue weighted by molar-refractivity contribution is 0.0697. The first-order valence-electron chi connectivity index (χ1n) is 9.18. The van der Waals surface area contributed by atoms with Gasteiger partial charge in [0.05, 0.1) is 28.5 Å².